The third-order valence-electron chi connectivity index (χ3n) is 1.88. The fourth-order valence-electron chi connectivity index (χ4n) is 1.13. The van der Waals surface area contributed by atoms with Crippen molar-refractivity contribution in [1.29, 1.82) is 0 Å². The first kappa shape index (κ1) is 12.2. The molecule has 0 aromatic carbocycles. The van der Waals surface area contributed by atoms with E-state index < -0.39 is 0 Å². The summed E-state index contributed by atoms with van der Waals surface area (Å²) in [7, 11) is 0. The molecule has 0 N–H and O–H groups in total. The largest absolute Gasteiger partial charge is 0.0874 e. The molecule has 1 atom stereocenters. The summed E-state index contributed by atoms with van der Waals surface area (Å²) in [6.07, 6.45) is 12.4. The van der Waals surface area contributed by atoms with E-state index in [0.29, 0.717) is 4.83 Å². The average Bonchev–Trinajstić information content (AvgIpc) is 2.05. The predicted octanol–water partition coefficient (Wildman–Crippen LogP) is 4.69. The van der Waals surface area contributed by atoms with Gasteiger partial charge in [-0.05, 0) is 19.3 Å². The molecular formula is C11H21Br. The molecule has 0 heterocycles. The van der Waals surface area contributed by atoms with Gasteiger partial charge in [0.15, 0.2) is 0 Å². The van der Waals surface area contributed by atoms with Crippen LogP contribution in [0.4, 0.5) is 0 Å². The van der Waals surface area contributed by atoms with Gasteiger partial charge < -0.3 is 0 Å². The molecule has 0 nitrogen and oxygen atoms in total. The Morgan fingerprint density at radius 1 is 1.17 bits per heavy atom. The van der Waals surface area contributed by atoms with Crippen LogP contribution in [-0.2, 0) is 0 Å². The van der Waals surface area contributed by atoms with Crippen molar-refractivity contribution in [1.82, 2.24) is 0 Å². The predicted molar refractivity (Wildman–Crippen MR) is 60.9 cm³/mol. The van der Waals surface area contributed by atoms with Crippen LogP contribution in [0.2, 0.25) is 0 Å². The van der Waals surface area contributed by atoms with E-state index in [9.17, 15) is 0 Å². The molecule has 0 aromatic rings. The van der Waals surface area contributed by atoms with E-state index in [0.717, 1.165) is 0 Å². The third kappa shape index (κ3) is 8.32. The molecule has 0 aromatic heterocycles. The molecule has 12 heavy (non-hydrogen) atoms. The number of allylic oxidation sites excluding steroid dienone is 2. The van der Waals surface area contributed by atoms with Crippen molar-refractivity contribution in [3.63, 3.8) is 0 Å². The maximum absolute atomic E-state index is 3.62. The Hall–Kier alpha value is 0.220. The molecule has 0 saturated heterocycles. The highest BCUT2D eigenvalue weighted by atomic mass is 79.9. The molecule has 0 aliphatic heterocycles. The molecule has 0 rings (SSSR count). The van der Waals surface area contributed by atoms with Crippen molar-refractivity contribution in [2.45, 2.75) is 57.2 Å². The Morgan fingerprint density at radius 3 is 2.50 bits per heavy atom. The van der Waals surface area contributed by atoms with E-state index in [-0.39, 0.29) is 0 Å². The Labute approximate surface area is 85.6 Å². The SMILES string of the molecule is CCCCCC=CC(Br)CCC. The van der Waals surface area contributed by atoms with E-state index in [4.69, 9.17) is 0 Å². The maximum Gasteiger partial charge on any atom is 0.0325 e. The van der Waals surface area contributed by atoms with Crippen LogP contribution in [0.15, 0.2) is 12.2 Å². The summed E-state index contributed by atoms with van der Waals surface area (Å²) < 4.78 is 0. The molecule has 1 heteroatoms. The van der Waals surface area contributed by atoms with Crippen molar-refractivity contribution in [3.8, 4) is 0 Å². The van der Waals surface area contributed by atoms with Crippen molar-refractivity contribution < 1.29 is 0 Å². The van der Waals surface area contributed by atoms with Gasteiger partial charge in [-0.15, -0.1) is 0 Å². The normalized spacial score (nSPS) is 13.9. The van der Waals surface area contributed by atoms with Gasteiger partial charge in [-0.2, -0.15) is 0 Å². The fraction of sp³-hybridized carbons (Fsp3) is 0.818. The maximum atomic E-state index is 3.62. The van der Waals surface area contributed by atoms with Gasteiger partial charge >= 0.3 is 0 Å². The molecular weight excluding hydrogens is 212 g/mol. The van der Waals surface area contributed by atoms with E-state index in [2.05, 4.69) is 41.9 Å². The second kappa shape index (κ2) is 9.31. The lowest BCUT2D eigenvalue weighted by Gasteiger charge is -1.99. The second-order valence-electron chi connectivity index (χ2n) is 3.23. The van der Waals surface area contributed by atoms with E-state index in [1.165, 1.54) is 38.5 Å². The number of hydrogen-bond acceptors (Lipinski definition) is 0. The highest BCUT2D eigenvalue weighted by Gasteiger charge is 1.94. The van der Waals surface area contributed by atoms with Crippen molar-refractivity contribution in [2.24, 2.45) is 0 Å². The Balaban J connectivity index is 3.22. The zero-order valence-electron chi connectivity index (χ0n) is 8.35. The van der Waals surface area contributed by atoms with Gasteiger partial charge in [0.05, 0.1) is 0 Å². The quantitative estimate of drug-likeness (QED) is 0.340. The molecule has 0 spiro atoms. The summed E-state index contributed by atoms with van der Waals surface area (Å²) in [5.74, 6) is 0. The van der Waals surface area contributed by atoms with Gasteiger partial charge in [0.2, 0.25) is 0 Å². The van der Waals surface area contributed by atoms with Gasteiger partial charge in [-0.1, -0.05) is 61.2 Å². The van der Waals surface area contributed by atoms with Crippen LogP contribution in [-0.4, -0.2) is 4.83 Å². The number of unbranched alkanes of at least 4 members (excludes halogenated alkanes) is 3. The lowest BCUT2D eigenvalue weighted by atomic mass is 10.2. The topological polar surface area (TPSA) is 0 Å². The number of halogens is 1. The lowest BCUT2D eigenvalue weighted by Crippen LogP contribution is -1.89. The van der Waals surface area contributed by atoms with Gasteiger partial charge in [0, 0.05) is 4.83 Å². The molecule has 0 fully saturated rings. The minimum absolute atomic E-state index is 0.601. The third-order valence-corrected chi connectivity index (χ3v) is 2.65. The molecule has 0 saturated carbocycles. The second-order valence-corrected chi connectivity index (χ2v) is 4.40. The van der Waals surface area contributed by atoms with E-state index in [1.807, 2.05) is 0 Å². The van der Waals surface area contributed by atoms with Crippen LogP contribution < -0.4 is 0 Å². The molecule has 0 bridgehead atoms. The van der Waals surface area contributed by atoms with Crippen LogP contribution in [0.25, 0.3) is 0 Å². The van der Waals surface area contributed by atoms with Crippen LogP contribution in [0, 0.1) is 0 Å². The zero-order chi connectivity index (χ0) is 9.23. The van der Waals surface area contributed by atoms with Crippen molar-refractivity contribution in [3.05, 3.63) is 12.2 Å². The first-order chi connectivity index (χ1) is 5.81. The standard InChI is InChI=1S/C11H21Br/c1-3-5-6-7-8-10-11(12)9-4-2/h8,10-11H,3-7,9H2,1-2H3. The summed E-state index contributed by atoms with van der Waals surface area (Å²) in [5, 5.41) is 0. The molecule has 0 amide bonds. The monoisotopic (exact) mass is 232 g/mol. The van der Waals surface area contributed by atoms with Crippen LogP contribution >= 0.6 is 15.9 Å². The lowest BCUT2D eigenvalue weighted by molar-refractivity contribution is 0.727. The fourth-order valence-corrected chi connectivity index (χ4v) is 1.80. The van der Waals surface area contributed by atoms with Gasteiger partial charge in [0.1, 0.15) is 0 Å². The summed E-state index contributed by atoms with van der Waals surface area (Å²) >= 11 is 3.62. The van der Waals surface area contributed by atoms with E-state index >= 15 is 0 Å². The molecule has 0 aliphatic carbocycles. The first-order valence-corrected chi connectivity index (χ1v) is 6.03. The van der Waals surface area contributed by atoms with Crippen LogP contribution in [0.1, 0.15) is 52.4 Å². The van der Waals surface area contributed by atoms with E-state index in [1.54, 1.807) is 0 Å². The van der Waals surface area contributed by atoms with Crippen molar-refractivity contribution >= 4 is 15.9 Å². The molecule has 0 radical (unpaired) electrons. The molecule has 1 unspecified atom stereocenters. The summed E-state index contributed by atoms with van der Waals surface area (Å²) in [6, 6.07) is 0. The minimum atomic E-state index is 0.601. The van der Waals surface area contributed by atoms with Gasteiger partial charge in [-0.3, -0.25) is 0 Å². The Kier molecular flexibility index (Phi) is 9.48. The highest BCUT2D eigenvalue weighted by molar-refractivity contribution is 9.09. The average molecular weight is 233 g/mol. The summed E-state index contributed by atoms with van der Waals surface area (Å²) in [5.41, 5.74) is 0. The minimum Gasteiger partial charge on any atom is -0.0874 e. The number of alkyl halides is 1. The van der Waals surface area contributed by atoms with Gasteiger partial charge in [0.25, 0.3) is 0 Å². The van der Waals surface area contributed by atoms with Crippen LogP contribution in [0.3, 0.4) is 0 Å². The summed E-state index contributed by atoms with van der Waals surface area (Å²) in [4.78, 5) is 0.601. The highest BCUT2D eigenvalue weighted by Crippen LogP contribution is 2.10. The van der Waals surface area contributed by atoms with Gasteiger partial charge in [-0.25, -0.2) is 0 Å². The number of hydrogen-bond donors (Lipinski definition) is 0. The first-order valence-electron chi connectivity index (χ1n) is 5.12. The smallest absolute Gasteiger partial charge is 0.0325 e. The Morgan fingerprint density at radius 2 is 1.92 bits per heavy atom. The van der Waals surface area contributed by atoms with Crippen molar-refractivity contribution in [2.75, 3.05) is 0 Å². The zero-order valence-corrected chi connectivity index (χ0v) is 9.94. The number of rotatable bonds is 7. The molecule has 72 valence electrons. The van der Waals surface area contributed by atoms with Crippen LogP contribution in [0.5, 0.6) is 0 Å². The summed E-state index contributed by atoms with van der Waals surface area (Å²) in [6.45, 7) is 4.47. The Bertz CT molecular complexity index is 108. The molecule has 0 aliphatic rings.